The van der Waals surface area contributed by atoms with E-state index in [1.807, 2.05) is 6.92 Å². The Hall–Kier alpha value is -3.43. The van der Waals surface area contributed by atoms with Crippen molar-refractivity contribution in [3.63, 3.8) is 0 Å². The maximum atomic E-state index is 13.9. The Labute approximate surface area is 176 Å². The van der Waals surface area contributed by atoms with Crippen molar-refractivity contribution in [2.45, 2.75) is 25.7 Å². The van der Waals surface area contributed by atoms with Crippen LogP contribution in [0, 0.1) is 12.7 Å². The van der Waals surface area contributed by atoms with Crippen molar-refractivity contribution < 1.29 is 22.4 Å². The highest BCUT2D eigenvalue weighted by molar-refractivity contribution is 5.76. The number of carbonyl (C=O) groups excluding carboxylic acids is 1. The van der Waals surface area contributed by atoms with E-state index in [2.05, 4.69) is 15.4 Å². The smallest absolute Gasteiger partial charge is 0.363 e. The van der Waals surface area contributed by atoms with Crippen LogP contribution in [-0.2, 0) is 11.0 Å². The van der Waals surface area contributed by atoms with E-state index >= 15 is 0 Å². The van der Waals surface area contributed by atoms with Crippen LogP contribution in [0.5, 0.6) is 0 Å². The van der Waals surface area contributed by atoms with Crippen LogP contribution >= 0.6 is 0 Å². The number of pyridine rings is 1. The highest BCUT2D eigenvalue weighted by atomic mass is 19.4. The summed E-state index contributed by atoms with van der Waals surface area (Å²) in [6, 6.07) is 5.67. The molecule has 0 aliphatic carbocycles. The molecular weight excluding hydrogens is 414 g/mol. The fraction of sp³-hybridized carbons (Fsp3) is 0.286. The third-order valence-electron chi connectivity index (χ3n) is 4.69. The maximum Gasteiger partial charge on any atom is 0.416 e. The number of hydrogen-bond acceptors (Lipinski definition) is 4. The largest absolute Gasteiger partial charge is 0.416 e. The molecule has 3 aromatic rings. The van der Waals surface area contributed by atoms with Gasteiger partial charge in [0.05, 0.1) is 17.7 Å². The second-order valence-electron chi connectivity index (χ2n) is 7.23. The van der Waals surface area contributed by atoms with Gasteiger partial charge in [-0.15, -0.1) is 0 Å². The number of halogens is 4. The Balaban J connectivity index is 2.04. The molecule has 1 N–H and O–H groups in total. The van der Waals surface area contributed by atoms with Gasteiger partial charge in [-0.2, -0.15) is 18.3 Å². The van der Waals surface area contributed by atoms with Gasteiger partial charge in [-0.3, -0.25) is 9.78 Å². The van der Waals surface area contributed by atoms with E-state index in [1.54, 1.807) is 38.6 Å². The van der Waals surface area contributed by atoms with Crippen LogP contribution in [0.2, 0.25) is 0 Å². The van der Waals surface area contributed by atoms with E-state index in [1.165, 1.54) is 15.8 Å². The molecule has 31 heavy (non-hydrogen) atoms. The number of aryl methyl sites for hydroxylation is 1. The number of amides is 1. The molecule has 10 heteroatoms. The average Bonchev–Trinajstić information content (AvgIpc) is 3.16. The van der Waals surface area contributed by atoms with Gasteiger partial charge < -0.3 is 10.2 Å². The number of anilines is 1. The molecule has 1 unspecified atom stereocenters. The molecular formula is C21H21F4N5O. The van der Waals surface area contributed by atoms with Crippen LogP contribution in [0.1, 0.15) is 23.7 Å². The van der Waals surface area contributed by atoms with Crippen LogP contribution in [-0.4, -0.2) is 39.7 Å². The summed E-state index contributed by atoms with van der Waals surface area (Å²) >= 11 is 0. The summed E-state index contributed by atoms with van der Waals surface area (Å²) in [5.74, 6) is -1.32. The van der Waals surface area contributed by atoms with Gasteiger partial charge in [0.2, 0.25) is 5.91 Å². The van der Waals surface area contributed by atoms with Crippen molar-refractivity contribution in [3.8, 4) is 11.3 Å². The molecule has 0 aliphatic rings. The SMILES string of the molecule is Cc1cnccc1-c1ccnn1C(CC(=O)N(C)C)Nc1cc(F)cc(C(F)(F)F)c1. The molecule has 2 heterocycles. The Bertz CT molecular complexity index is 1080. The van der Waals surface area contributed by atoms with Gasteiger partial charge in [-0.25, -0.2) is 9.07 Å². The topological polar surface area (TPSA) is 63.1 Å². The van der Waals surface area contributed by atoms with Gasteiger partial charge in [0.25, 0.3) is 0 Å². The number of nitrogens with zero attached hydrogens (tertiary/aromatic N) is 4. The Morgan fingerprint density at radius 2 is 1.94 bits per heavy atom. The van der Waals surface area contributed by atoms with E-state index in [0.29, 0.717) is 11.8 Å². The lowest BCUT2D eigenvalue weighted by Crippen LogP contribution is -2.30. The summed E-state index contributed by atoms with van der Waals surface area (Å²) in [6.45, 7) is 1.86. The first kappa shape index (κ1) is 22.3. The zero-order valence-electron chi connectivity index (χ0n) is 17.1. The van der Waals surface area contributed by atoms with Crippen molar-refractivity contribution >= 4 is 11.6 Å². The average molecular weight is 435 g/mol. The first-order valence-corrected chi connectivity index (χ1v) is 9.35. The zero-order chi connectivity index (χ0) is 22.8. The van der Waals surface area contributed by atoms with Crippen molar-refractivity contribution in [1.82, 2.24) is 19.7 Å². The Kier molecular flexibility index (Phi) is 6.28. The minimum Gasteiger partial charge on any atom is -0.363 e. The number of hydrogen-bond donors (Lipinski definition) is 1. The number of rotatable bonds is 6. The summed E-state index contributed by atoms with van der Waals surface area (Å²) in [4.78, 5) is 17.8. The minimum absolute atomic E-state index is 0.114. The molecule has 1 aromatic carbocycles. The van der Waals surface area contributed by atoms with Gasteiger partial charge in [0, 0.05) is 43.9 Å². The maximum absolute atomic E-state index is 13.9. The van der Waals surface area contributed by atoms with Gasteiger partial charge in [-0.05, 0) is 42.8 Å². The van der Waals surface area contributed by atoms with Crippen molar-refractivity contribution in [1.29, 1.82) is 0 Å². The molecule has 0 spiro atoms. The fourth-order valence-corrected chi connectivity index (χ4v) is 3.11. The molecule has 0 saturated carbocycles. The number of alkyl halides is 3. The molecule has 164 valence electrons. The molecule has 1 amide bonds. The lowest BCUT2D eigenvalue weighted by atomic mass is 10.1. The normalized spacial score (nSPS) is 12.5. The summed E-state index contributed by atoms with van der Waals surface area (Å²) < 4.78 is 54.8. The van der Waals surface area contributed by atoms with Gasteiger partial charge in [0.1, 0.15) is 12.0 Å². The van der Waals surface area contributed by atoms with Crippen LogP contribution in [0.3, 0.4) is 0 Å². The van der Waals surface area contributed by atoms with Gasteiger partial charge in [-0.1, -0.05) is 0 Å². The van der Waals surface area contributed by atoms with Crippen molar-refractivity contribution in [2.24, 2.45) is 0 Å². The first-order valence-electron chi connectivity index (χ1n) is 9.35. The van der Waals surface area contributed by atoms with Crippen molar-refractivity contribution in [3.05, 3.63) is 65.9 Å². The molecule has 2 aromatic heterocycles. The molecule has 0 fully saturated rings. The summed E-state index contributed by atoms with van der Waals surface area (Å²) in [5, 5.41) is 7.13. The highest BCUT2D eigenvalue weighted by Crippen LogP contribution is 2.33. The summed E-state index contributed by atoms with van der Waals surface area (Å²) in [7, 11) is 3.14. The zero-order valence-corrected chi connectivity index (χ0v) is 17.1. The van der Waals surface area contributed by atoms with Gasteiger partial charge in [0.15, 0.2) is 0 Å². The van der Waals surface area contributed by atoms with E-state index in [0.717, 1.165) is 23.3 Å². The molecule has 0 radical (unpaired) electrons. The first-order chi connectivity index (χ1) is 14.6. The third-order valence-corrected chi connectivity index (χ3v) is 4.69. The van der Waals surface area contributed by atoms with E-state index in [9.17, 15) is 22.4 Å². The van der Waals surface area contributed by atoms with Crippen LogP contribution in [0.15, 0.2) is 48.9 Å². The van der Waals surface area contributed by atoms with E-state index in [-0.39, 0.29) is 18.0 Å². The summed E-state index contributed by atoms with van der Waals surface area (Å²) in [6.07, 6.45) is -0.897. The Morgan fingerprint density at radius 3 is 2.58 bits per heavy atom. The highest BCUT2D eigenvalue weighted by Gasteiger charge is 2.32. The monoisotopic (exact) mass is 435 g/mol. The van der Waals surface area contributed by atoms with Crippen molar-refractivity contribution in [2.75, 3.05) is 19.4 Å². The number of benzene rings is 1. The predicted molar refractivity (Wildman–Crippen MR) is 108 cm³/mol. The summed E-state index contributed by atoms with van der Waals surface area (Å²) in [5.41, 5.74) is 1.05. The molecule has 3 rings (SSSR count). The van der Waals surface area contributed by atoms with Crippen LogP contribution < -0.4 is 5.32 Å². The van der Waals surface area contributed by atoms with E-state index in [4.69, 9.17) is 0 Å². The minimum atomic E-state index is -4.71. The number of nitrogens with one attached hydrogen (secondary N) is 1. The molecule has 1 atom stereocenters. The molecule has 0 bridgehead atoms. The molecule has 0 saturated heterocycles. The van der Waals surface area contributed by atoms with Crippen LogP contribution in [0.4, 0.5) is 23.2 Å². The second kappa shape index (κ2) is 8.75. The van der Waals surface area contributed by atoms with E-state index < -0.39 is 23.7 Å². The molecule has 6 nitrogen and oxygen atoms in total. The lowest BCUT2D eigenvalue weighted by molar-refractivity contribution is -0.137. The second-order valence-corrected chi connectivity index (χ2v) is 7.23. The third kappa shape index (κ3) is 5.19. The quantitative estimate of drug-likeness (QED) is 0.579. The Morgan fingerprint density at radius 1 is 1.19 bits per heavy atom. The fourth-order valence-electron chi connectivity index (χ4n) is 3.11. The number of carbonyl (C=O) groups is 1. The molecule has 0 aliphatic heterocycles. The van der Waals surface area contributed by atoms with Gasteiger partial charge >= 0.3 is 6.18 Å². The standard InChI is InChI=1S/C21H21F4N5O/c1-13-12-26-6-4-17(13)18-5-7-27-30(18)19(11-20(31)29(2)3)28-16-9-14(21(23,24)25)8-15(22)10-16/h4-10,12,19,28H,11H2,1-3H3. The number of aromatic nitrogens is 3. The van der Waals surface area contributed by atoms with Crippen LogP contribution in [0.25, 0.3) is 11.3 Å². The predicted octanol–water partition coefficient (Wildman–Crippen LogP) is 4.50. The lowest BCUT2D eigenvalue weighted by Gasteiger charge is -2.24.